The number of carboxylic acid groups (broad SMARTS) is 1. The first-order valence-electron chi connectivity index (χ1n) is 6.95. The topological polar surface area (TPSA) is 86.6 Å². The van der Waals surface area contributed by atoms with E-state index in [1.54, 1.807) is 0 Å². The molecule has 0 bridgehead atoms. The number of carbonyl (C=O) groups is 2. The Morgan fingerprint density at radius 2 is 1.96 bits per heavy atom. The molecule has 0 aromatic heterocycles. The molecule has 0 spiro atoms. The molecule has 2 aromatic rings. The van der Waals surface area contributed by atoms with Crippen molar-refractivity contribution in [1.82, 2.24) is 0 Å². The monoisotopic (exact) mass is 331 g/mol. The number of hydrogen-bond acceptors (Lipinski definition) is 4. The molecule has 5 nitrogen and oxygen atoms in total. The zero-order valence-electron chi connectivity index (χ0n) is 12.6. The highest BCUT2D eigenvalue weighted by Gasteiger charge is 2.11. The molecule has 6 heteroatoms. The van der Waals surface area contributed by atoms with Crippen molar-refractivity contribution < 1.29 is 19.8 Å². The molecule has 120 valence electrons. The zero-order valence-corrected chi connectivity index (χ0v) is 13.4. The van der Waals surface area contributed by atoms with E-state index in [1.807, 2.05) is 25.1 Å². The van der Waals surface area contributed by atoms with Crippen LogP contribution in [0.5, 0.6) is 5.75 Å². The van der Waals surface area contributed by atoms with Gasteiger partial charge in [0.2, 0.25) is 5.91 Å². The number of rotatable bonds is 6. The Morgan fingerprint density at radius 1 is 1.17 bits per heavy atom. The van der Waals surface area contributed by atoms with Crippen LogP contribution in [0, 0.1) is 6.92 Å². The summed E-state index contributed by atoms with van der Waals surface area (Å²) in [6.07, 6.45) is 0. The van der Waals surface area contributed by atoms with E-state index in [1.165, 1.54) is 35.5 Å². The number of carbonyl (C=O) groups excluding carboxylic acids is 1. The SMILES string of the molecule is Cc1cccc(CSCC(=O)Nc2ccc(O)c(C(=O)O)c2)c1. The molecule has 23 heavy (non-hydrogen) atoms. The summed E-state index contributed by atoms with van der Waals surface area (Å²) >= 11 is 1.48. The molecule has 2 rings (SSSR count). The van der Waals surface area contributed by atoms with Gasteiger partial charge in [-0.3, -0.25) is 4.79 Å². The lowest BCUT2D eigenvalue weighted by Crippen LogP contribution is -2.14. The van der Waals surface area contributed by atoms with Crippen LogP contribution in [0.25, 0.3) is 0 Å². The number of anilines is 1. The zero-order chi connectivity index (χ0) is 16.8. The maximum Gasteiger partial charge on any atom is 0.339 e. The van der Waals surface area contributed by atoms with Gasteiger partial charge in [0.05, 0.1) is 5.75 Å². The Labute approximate surface area is 138 Å². The summed E-state index contributed by atoms with van der Waals surface area (Å²) in [4.78, 5) is 22.8. The molecule has 0 unspecified atom stereocenters. The Bertz CT molecular complexity index is 730. The number of nitrogens with one attached hydrogen (secondary N) is 1. The molecule has 0 aliphatic heterocycles. The third-order valence-electron chi connectivity index (χ3n) is 3.10. The summed E-state index contributed by atoms with van der Waals surface area (Å²) in [6, 6.07) is 12.0. The van der Waals surface area contributed by atoms with Gasteiger partial charge in [-0.1, -0.05) is 29.8 Å². The van der Waals surface area contributed by atoms with Crippen LogP contribution in [0.15, 0.2) is 42.5 Å². The number of hydrogen-bond donors (Lipinski definition) is 3. The van der Waals surface area contributed by atoms with Crippen molar-refractivity contribution in [3.8, 4) is 5.75 Å². The second kappa shape index (κ2) is 7.69. The fourth-order valence-electron chi connectivity index (χ4n) is 2.05. The summed E-state index contributed by atoms with van der Waals surface area (Å²) in [5.74, 6) is -0.802. The van der Waals surface area contributed by atoms with Gasteiger partial charge in [-0.15, -0.1) is 11.8 Å². The van der Waals surface area contributed by atoms with Crippen molar-refractivity contribution in [2.75, 3.05) is 11.1 Å². The van der Waals surface area contributed by atoms with Gasteiger partial charge in [-0.25, -0.2) is 4.79 Å². The van der Waals surface area contributed by atoms with Crippen LogP contribution in [0.1, 0.15) is 21.5 Å². The van der Waals surface area contributed by atoms with Crippen molar-refractivity contribution >= 4 is 29.3 Å². The first-order chi connectivity index (χ1) is 11.0. The maximum atomic E-state index is 11.9. The summed E-state index contributed by atoms with van der Waals surface area (Å²) in [5, 5.41) is 21.0. The number of aryl methyl sites for hydroxylation is 1. The third-order valence-corrected chi connectivity index (χ3v) is 4.10. The number of carboxylic acids is 1. The molecular formula is C17H17NO4S. The highest BCUT2D eigenvalue weighted by Crippen LogP contribution is 2.22. The number of phenols is 1. The highest BCUT2D eigenvalue weighted by atomic mass is 32.2. The smallest absolute Gasteiger partial charge is 0.339 e. The van der Waals surface area contributed by atoms with Gasteiger partial charge in [0, 0.05) is 11.4 Å². The lowest BCUT2D eigenvalue weighted by Gasteiger charge is -2.07. The van der Waals surface area contributed by atoms with Gasteiger partial charge >= 0.3 is 5.97 Å². The number of amides is 1. The van der Waals surface area contributed by atoms with Crippen LogP contribution in [0.4, 0.5) is 5.69 Å². The first-order valence-corrected chi connectivity index (χ1v) is 8.10. The van der Waals surface area contributed by atoms with E-state index in [0.29, 0.717) is 5.69 Å². The Balaban J connectivity index is 1.87. The fraction of sp³-hybridized carbons (Fsp3) is 0.176. The van der Waals surface area contributed by atoms with Crippen molar-refractivity contribution in [1.29, 1.82) is 0 Å². The maximum absolute atomic E-state index is 11.9. The number of benzene rings is 2. The van der Waals surface area contributed by atoms with Crippen LogP contribution < -0.4 is 5.32 Å². The minimum atomic E-state index is -1.24. The van der Waals surface area contributed by atoms with Crippen LogP contribution in [-0.4, -0.2) is 27.8 Å². The van der Waals surface area contributed by atoms with Crippen molar-refractivity contribution in [2.24, 2.45) is 0 Å². The average molecular weight is 331 g/mol. The van der Waals surface area contributed by atoms with Gasteiger partial charge in [0.1, 0.15) is 11.3 Å². The first kappa shape index (κ1) is 16.9. The second-order valence-electron chi connectivity index (χ2n) is 5.07. The van der Waals surface area contributed by atoms with E-state index in [0.717, 1.165) is 11.3 Å². The van der Waals surface area contributed by atoms with E-state index in [9.17, 15) is 14.7 Å². The van der Waals surface area contributed by atoms with Gasteiger partial charge in [0.15, 0.2) is 0 Å². The molecule has 0 heterocycles. The van der Waals surface area contributed by atoms with Gasteiger partial charge in [0.25, 0.3) is 0 Å². The van der Waals surface area contributed by atoms with E-state index in [2.05, 4.69) is 11.4 Å². The molecule has 0 saturated carbocycles. The van der Waals surface area contributed by atoms with Crippen molar-refractivity contribution in [3.05, 3.63) is 59.2 Å². The Hall–Kier alpha value is -2.47. The molecular weight excluding hydrogens is 314 g/mol. The average Bonchev–Trinajstić information content (AvgIpc) is 2.49. The van der Waals surface area contributed by atoms with E-state index in [4.69, 9.17) is 5.11 Å². The standard InChI is InChI=1S/C17H17NO4S/c1-11-3-2-4-12(7-11)9-23-10-16(20)18-13-5-6-15(19)14(8-13)17(21)22/h2-8,19H,9-10H2,1H3,(H,18,20)(H,21,22). The number of thioether (sulfide) groups is 1. The lowest BCUT2D eigenvalue weighted by molar-refractivity contribution is -0.113. The third kappa shape index (κ3) is 5.03. The lowest BCUT2D eigenvalue weighted by atomic mass is 10.2. The molecule has 1 amide bonds. The van der Waals surface area contributed by atoms with Crippen molar-refractivity contribution in [2.45, 2.75) is 12.7 Å². The van der Waals surface area contributed by atoms with Crippen LogP contribution in [-0.2, 0) is 10.5 Å². The molecule has 0 aliphatic carbocycles. The predicted molar refractivity (Wildman–Crippen MR) is 91.0 cm³/mol. The van der Waals surface area contributed by atoms with Crippen LogP contribution in [0.3, 0.4) is 0 Å². The molecule has 0 fully saturated rings. The fourth-order valence-corrected chi connectivity index (χ4v) is 2.82. The minimum Gasteiger partial charge on any atom is -0.507 e. The van der Waals surface area contributed by atoms with Crippen molar-refractivity contribution in [3.63, 3.8) is 0 Å². The Kier molecular flexibility index (Phi) is 5.65. The summed E-state index contributed by atoms with van der Waals surface area (Å²) < 4.78 is 0. The number of aromatic carboxylic acids is 1. The van der Waals surface area contributed by atoms with Crippen LogP contribution in [0.2, 0.25) is 0 Å². The van der Waals surface area contributed by atoms with Crippen LogP contribution >= 0.6 is 11.8 Å². The second-order valence-corrected chi connectivity index (χ2v) is 6.05. The molecule has 3 N–H and O–H groups in total. The highest BCUT2D eigenvalue weighted by molar-refractivity contribution is 7.99. The number of aromatic hydroxyl groups is 1. The minimum absolute atomic E-state index is 0.218. The van der Waals surface area contributed by atoms with E-state index in [-0.39, 0.29) is 23.0 Å². The summed E-state index contributed by atoms with van der Waals surface area (Å²) in [6.45, 7) is 2.02. The molecule has 0 saturated heterocycles. The van der Waals surface area contributed by atoms with E-state index >= 15 is 0 Å². The Morgan fingerprint density at radius 3 is 2.65 bits per heavy atom. The molecule has 0 atom stereocenters. The quantitative estimate of drug-likeness (QED) is 0.707. The molecule has 0 aliphatic rings. The summed E-state index contributed by atoms with van der Waals surface area (Å²) in [5.41, 5.74) is 2.44. The largest absolute Gasteiger partial charge is 0.507 e. The summed E-state index contributed by atoms with van der Waals surface area (Å²) in [7, 11) is 0. The van der Waals surface area contributed by atoms with Gasteiger partial charge in [-0.05, 0) is 30.7 Å². The van der Waals surface area contributed by atoms with Gasteiger partial charge < -0.3 is 15.5 Å². The predicted octanol–water partition coefficient (Wildman–Crippen LogP) is 3.27. The van der Waals surface area contributed by atoms with Gasteiger partial charge in [-0.2, -0.15) is 0 Å². The molecule has 2 aromatic carbocycles. The molecule has 0 radical (unpaired) electrons. The van der Waals surface area contributed by atoms with E-state index < -0.39 is 5.97 Å². The normalized spacial score (nSPS) is 10.3.